The minimum atomic E-state index is -1.02. The maximum atomic E-state index is 13.5. The molecule has 4 aromatic rings. The van der Waals surface area contributed by atoms with Crippen LogP contribution in [0, 0.1) is 5.82 Å². The number of ether oxygens (including phenoxy) is 1. The average Bonchev–Trinajstić information content (AvgIpc) is 3.20. The zero-order valence-electron chi connectivity index (χ0n) is 17.6. The lowest BCUT2D eigenvalue weighted by molar-refractivity contribution is 0.0536. The first-order valence-corrected chi connectivity index (χ1v) is 10.2. The average molecular weight is 447 g/mol. The minimum absolute atomic E-state index is 0.109. The molecule has 7 nitrogen and oxygen atoms in total. The molecule has 0 amide bonds. The van der Waals surface area contributed by atoms with Crippen molar-refractivity contribution in [2.24, 2.45) is 0 Å². The predicted octanol–water partition coefficient (Wildman–Crippen LogP) is 3.22. The number of hydrogen-bond acceptors (Lipinski definition) is 6. The second-order valence-electron chi connectivity index (χ2n) is 7.39. The van der Waals surface area contributed by atoms with Crippen molar-refractivity contribution in [2.45, 2.75) is 6.10 Å². The van der Waals surface area contributed by atoms with Crippen molar-refractivity contribution < 1.29 is 24.1 Å². The van der Waals surface area contributed by atoms with E-state index in [1.807, 2.05) is 6.07 Å². The Hall–Kier alpha value is -4.01. The van der Waals surface area contributed by atoms with Crippen molar-refractivity contribution in [3.63, 3.8) is 0 Å². The molecule has 2 heterocycles. The highest BCUT2D eigenvalue weighted by Gasteiger charge is 2.22. The van der Waals surface area contributed by atoms with E-state index >= 15 is 0 Å². The first-order valence-electron chi connectivity index (χ1n) is 10.2. The molecule has 2 aromatic heterocycles. The summed E-state index contributed by atoms with van der Waals surface area (Å²) >= 11 is 0. The van der Waals surface area contributed by atoms with Crippen molar-refractivity contribution in [1.29, 1.82) is 0 Å². The normalized spacial score (nSPS) is 11.8. The molecular formula is C25H22FN3O4. The number of aliphatic hydroxyl groups excluding tert-OH is 2. The molecule has 8 heteroatoms. The highest BCUT2D eigenvalue weighted by Crippen LogP contribution is 2.33. The van der Waals surface area contributed by atoms with E-state index in [9.17, 15) is 14.3 Å². The number of pyridine rings is 1. The zero-order valence-corrected chi connectivity index (χ0v) is 17.6. The molecule has 0 aliphatic rings. The van der Waals surface area contributed by atoms with Crippen LogP contribution in [0.1, 0.15) is 15.9 Å². The first-order chi connectivity index (χ1) is 16.0. The number of ketones is 1. The maximum absolute atomic E-state index is 13.5. The molecule has 0 aliphatic carbocycles. The molecule has 0 radical (unpaired) electrons. The summed E-state index contributed by atoms with van der Waals surface area (Å²) in [5, 5.41) is 18.4. The van der Waals surface area contributed by atoms with Crippen LogP contribution in [-0.4, -0.2) is 44.9 Å². The third kappa shape index (κ3) is 4.77. The summed E-state index contributed by atoms with van der Waals surface area (Å²) in [6.07, 6.45) is 2.28. The molecule has 0 saturated heterocycles. The molecule has 1 unspecified atom stereocenters. The van der Waals surface area contributed by atoms with Gasteiger partial charge in [0.05, 0.1) is 17.9 Å². The van der Waals surface area contributed by atoms with E-state index in [4.69, 9.17) is 15.6 Å². The van der Waals surface area contributed by atoms with Gasteiger partial charge in [0.2, 0.25) is 0 Å². The van der Waals surface area contributed by atoms with Gasteiger partial charge in [-0.15, -0.1) is 0 Å². The van der Waals surface area contributed by atoms with Gasteiger partial charge in [-0.1, -0.05) is 12.1 Å². The molecular weight excluding hydrogens is 425 g/mol. The van der Waals surface area contributed by atoms with Gasteiger partial charge >= 0.3 is 0 Å². The molecule has 2 aromatic carbocycles. The Morgan fingerprint density at radius 2 is 1.91 bits per heavy atom. The van der Waals surface area contributed by atoms with Crippen molar-refractivity contribution >= 4 is 11.6 Å². The Morgan fingerprint density at radius 3 is 2.61 bits per heavy atom. The molecule has 0 aliphatic heterocycles. The first kappa shape index (κ1) is 22.2. The summed E-state index contributed by atoms with van der Waals surface area (Å²) in [6, 6.07) is 17.6. The molecule has 0 saturated carbocycles. The lowest BCUT2D eigenvalue weighted by Gasteiger charge is -2.12. The van der Waals surface area contributed by atoms with Crippen LogP contribution in [0.3, 0.4) is 0 Å². The van der Waals surface area contributed by atoms with Crippen molar-refractivity contribution in [3.8, 4) is 22.7 Å². The van der Waals surface area contributed by atoms with E-state index in [-0.39, 0.29) is 29.6 Å². The summed E-state index contributed by atoms with van der Waals surface area (Å²) in [7, 11) is 0. The number of aliphatic hydroxyl groups is 2. The van der Waals surface area contributed by atoms with Crippen molar-refractivity contribution in [2.75, 3.05) is 18.9 Å². The molecule has 1 atom stereocenters. The molecule has 0 fully saturated rings. The van der Waals surface area contributed by atoms with Gasteiger partial charge < -0.3 is 20.7 Å². The lowest BCUT2D eigenvalue weighted by atomic mass is 10.0. The molecule has 4 rings (SSSR count). The number of nitrogen functional groups attached to an aromatic ring is 1. The quantitative estimate of drug-likeness (QED) is 0.358. The van der Waals surface area contributed by atoms with E-state index < -0.39 is 12.7 Å². The molecule has 0 spiro atoms. The van der Waals surface area contributed by atoms with E-state index in [2.05, 4.69) is 4.98 Å². The Morgan fingerprint density at radius 1 is 1.12 bits per heavy atom. The zero-order chi connectivity index (χ0) is 23.4. The minimum Gasteiger partial charge on any atom is -0.491 e. The molecule has 0 bridgehead atoms. The number of benzene rings is 2. The fraction of sp³-hybridized carbons (Fsp3) is 0.120. The van der Waals surface area contributed by atoms with Crippen molar-refractivity contribution in [3.05, 3.63) is 96.1 Å². The Bertz CT molecular complexity index is 1260. The third-order valence-electron chi connectivity index (χ3n) is 5.07. The highest BCUT2D eigenvalue weighted by atomic mass is 19.1. The van der Waals surface area contributed by atoms with Crippen LogP contribution in [0.15, 0.2) is 79.1 Å². The van der Waals surface area contributed by atoms with Crippen LogP contribution in [0.25, 0.3) is 16.9 Å². The summed E-state index contributed by atoms with van der Waals surface area (Å²) < 4.78 is 20.6. The van der Waals surface area contributed by atoms with Crippen LogP contribution in [0.4, 0.5) is 10.2 Å². The topological polar surface area (TPSA) is 111 Å². The number of carbonyl (C=O) groups is 1. The van der Waals surface area contributed by atoms with Gasteiger partial charge in [-0.25, -0.2) is 4.39 Å². The van der Waals surface area contributed by atoms with E-state index in [0.717, 1.165) is 5.56 Å². The lowest BCUT2D eigenvalue weighted by Crippen LogP contribution is -2.21. The van der Waals surface area contributed by atoms with E-state index in [1.165, 1.54) is 12.1 Å². The number of anilines is 1. The number of hydrogen-bond donors (Lipinski definition) is 3. The van der Waals surface area contributed by atoms with Gasteiger partial charge in [-0.05, 0) is 54.6 Å². The maximum Gasteiger partial charge on any atom is 0.196 e. The SMILES string of the molecule is Nc1c(C(=O)c2cccc(OCC(O)CO)c2)cc(-c2cccnc2)n1-c1ccc(F)cc1. The predicted molar refractivity (Wildman–Crippen MR) is 122 cm³/mol. The van der Waals surface area contributed by atoms with Gasteiger partial charge in [0.1, 0.15) is 30.1 Å². The number of halogens is 1. The standard InChI is InChI=1S/C25H22FN3O4/c26-18-6-8-19(9-7-18)29-23(17-4-2-10-28-13-17)12-22(25(29)27)24(32)16-3-1-5-21(11-16)33-15-20(31)14-30/h1-13,20,30-31H,14-15,27H2. The summed E-state index contributed by atoms with van der Waals surface area (Å²) in [6.45, 7) is -0.536. The number of nitrogens with zero attached hydrogens (tertiary/aromatic N) is 2. The second-order valence-corrected chi connectivity index (χ2v) is 7.39. The van der Waals surface area contributed by atoms with Gasteiger partial charge in [0, 0.05) is 29.2 Å². The molecule has 168 valence electrons. The van der Waals surface area contributed by atoms with Crippen LogP contribution >= 0.6 is 0 Å². The molecule has 4 N–H and O–H groups in total. The van der Waals surface area contributed by atoms with Crippen molar-refractivity contribution in [1.82, 2.24) is 9.55 Å². The second kappa shape index (κ2) is 9.64. The van der Waals surface area contributed by atoms with E-state index in [0.29, 0.717) is 22.7 Å². The van der Waals surface area contributed by atoms with Crippen LogP contribution in [0.5, 0.6) is 5.75 Å². The Kier molecular flexibility index (Phi) is 6.48. The van der Waals surface area contributed by atoms with Gasteiger partial charge in [0.25, 0.3) is 0 Å². The van der Waals surface area contributed by atoms with Gasteiger partial charge in [-0.2, -0.15) is 0 Å². The largest absolute Gasteiger partial charge is 0.491 e. The molecule has 33 heavy (non-hydrogen) atoms. The van der Waals surface area contributed by atoms with Gasteiger partial charge in [0.15, 0.2) is 5.78 Å². The highest BCUT2D eigenvalue weighted by molar-refractivity contribution is 6.13. The Balaban J connectivity index is 1.76. The van der Waals surface area contributed by atoms with Crippen LogP contribution < -0.4 is 10.5 Å². The number of aromatic nitrogens is 2. The van der Waals surface area contributed by atoms with Crippen LogP contribution in [0.2, 0.25) is 0 Å². The number of carbonyl (C=O) groups excluding carboxylic acids is 1. The fourth-order valence-electron chi connectivity index (χ4n) is 3.43. The summed E-state index contributed by atoms with van der Waals surface area (Å²) in [5.74, 6) is -0.136. The fourth-order valence-corrected chi connectivity index (χ4v) is 3.43. The van der Waals surface area contributed by atoms with Gasteiger partial charge in [-0.3, -0.25) is 14.3 Å². The number of nitrogens with two attached hydrogens (primary N) is 1. The third-order valence-corrected chi connectivity index (χ3v) is 5.07. The monoisotopic (exact) mass is 447 g/mol. The van der Waals surface area contributed by atoms with Crippen LogP contribution in [-0.2, 0) is 0 Å². The Labute approximate surface area is 189 Å². The smallest absolute Gasteiger partial charge is 0.196 e. The van der Waals surface area contributed by atoms with E-state index in [1.54, 1.807) is 65.5 Å². The number of rotatable bonds is 8. The summed E-state index contributed by atoms with van der Waals surface area (Å²) in [5.41, 5.74) is 9.02. The summed E-state index contributed by atoms with van der Waals surface area (Å²) in [4.78, 5) is 17.5.